The van der Waals surface area contributed by atoms with Crippen molar-refractivity contribution < 1.29 is 14.6 Å². The van der Waals surface area contributed by atoms with Crippen molar-refractivity contribution >= 4 is 6.09 Å². The maximum atomic E-state index is 11.1. The summed E-state index contributed by atoms with van der Waals surface area (Å²) in [6.45, 7) is 8.10. The summed E-state index contributed by atoms with van der Waals surface area (Å²) in [7, 11) is 0. The fourth-order valence-electron chi connectivity index (χ4n) is 0.681. The number of hydrogen-bond acceptors (Lipinski definition) is 3. The third-order valence-corrected chi connectivity index (χ3v) is 1.92. The highest BCUT2D eigenvalue weighted by Crippen LogP contribution is 2.05. The first-order valence-corrected chi connectivity index (χ1v) is 5.00. The maximum Gasteiger partial charge on any atom is 0.407 e. The van der Waals surface area contributed by atoms with Crippen LogP contribution in [0.4, 0.5) is 4.79 Å². The lowest BCUT2D eigenvalue weighted by Crippen LogP contribution is -2.40. The fraction of sp³-hybridized carbons (Fsp3) is 0.900. The summed E-state index contributed by atoms with van der Waals surface area (Å²) < 4.78 is 4.88. The molecular weight excluding hydrogens is 182 g/mol. The van der Waals surface area contributed by atoms with Gasteiger partial charge >= 0.3 is 6.09 Å². The number of carbonyl (C=O) groups excluding carboxylic acids is 1. The Balaban J connectivity index is 3.64. The van der Waals surface area contributed by atoms with Crippen molar-refractivity contribution in [1.82, 2.24) is 5.32 Å². The molecule has 0 radical (unpaired) electrons. The molecule has 0 aromatic heterocycles. The minimum Gasteiger partial charge on any atom is -0.449 e. The molecule has 0 aromatic rings. The number of carbonyl (C=O) groups is 1. The monoisotopic (exact) mass is 203 g/mol. The van der Waals surface area contributed by atoms with E-state index in [0.717, 1.165) is 0 Å². The predicted molar refractivity (Wildman–Crippen MR) is 55.1 cm³/mol. The Bertz CT molecular complexity index is 178. The maximum absolute atomic E-state index is 11.1. The zero-order valence-corrected chi connectivity index (χ0v) is 9.46. The Labute approximate surface area is 85.6 Å². The third-order valence-electron chi connectivity index (χ3n) is 1.92. The van der Waals surface area contributed by atoms with Crippen LogP contribution in [-0.2, 0) is 4.74 Å². The van der Waals surface area contributed by atoms with Crippen LogP contribution in [0.5, 0.6) is 0 Å². The van der Waals surface area contributed by atoms with Gasteiger partial charge in [0.25, 0.3) is 0 Å². The van der Waals surface area contributed by atoms with Crippen molar-refractivity contribution in [3.63, 3.8) is 0 Å². The first kappa shape index (κ1) is 13.2. The highest BCUT2D eigenvalue weighted by Gasteiger charge is 2.18. The minimum atomic E-state index is -0.850. The highest BCUT2D eigenvalue weighted by molar-refractivity contribution is 5.67. The largest absolute Gasteiger partial charge is 0.449 e. The summed E-state index contributed by atoms with van der Waals surface area (Å²) in [6.07, 6.45) is 0.129. The summed E-state index contributed by atoms with van der Waals surface area (Å²) in [5.74, 6) is 0.326. The molecule has 0 rings (SSSR count). The molecule has 0 bridgehead atoms. The normalized spacial score (nSPS) is 15.0. The van der Waals surface area contributed by atoms with Gasteiger partial charge in [-0.25, -0.2) is 4.79 Å². The Morgan fingerprint density at radius 3 is 2.57 bits per heavy atom. The first-order chi connectivity index (χ1) is 6.37. The van der Waals surface area contributed by atoms with Crippen molar-refractivity contribution in [2.45, 2.75) is 39.7 Å². The van der Waals surface area contributed by atoms with Crippen LogP contribution in [0.25, 0.3) is 0 Å². The van der Waals surface area contributed by atoms with Crippen LogP contribution in [0, 0.1) is 5.92 Å². The predicted octanol–water partition coefficient (Wildman–Crippen LogP) is 1.53. The highest BCUT2D eigenvalue weighted by atomic mass is 16.5. The van der Waals surface area contributed by atoms with E-state index in [-0.39, 0.29) is 6.54 Å². The van der Waals surface area contributed by atoms with E-state index in [4.69, 9.17) is 4.74 Å². The molecule has 0 heterocycles. The topological polar surface area (TPSA) is 58.6 Å². The van der Waals surface area contributed by atoms with Crippen LogP contribution in [0.1, 0.15) is 34.1 Å². The molecule has 0 saturated carbocycles. The Hall–Kier alpha value is -0.770. The molecule has 14 heavy (non-hydrogen) atoms. The molecule has 4 heteroatoms. The number of alkyl carbamates (subject to hydrolysis) is 1. The summed E-state index contributed by atoms with van der Waals surface area (Å²) in [4.78, 5) is 11.1. The quantitative estimate of drug-likeness (QED) is 0.712. The molecule has 0 fully saturated rings. The molecule has 0 aliphatic rings. The van der Waals surface area contributed by atoms with Gasteiger partial charge in [-0.05, 0) is 19.3 Å². The van der Waals surface area contributed by atoms with Crippen molar-refractivity contribution in [1.29, 1.82) is 0 Å². The molecule has 2 N–H and O–H groups in total. The van der Waals surface area contributed by atoms with Gasteiger partial charge in [-0.3, -0.25) is 0 Å². The van der Waals surface area contributed by atoms with E-state index in [2.05, 4.69) is 5.32 Å². The molecule has 1 atom stereocenters. The summed E-state index contributed by atoms with van der Waals surface area (Å²) in [5.41, 5.74) is -0.850. The summed E-state index contributed by atoms with van der Waals surface area (Å²) in [6, 6.07) is 0. The van der Waals surface area contributed by atoms with Crippen LogP contribution in [0.15, 0.2) is 0 Å². The van der Waals surface area contributed by atoms with Crippen molar-refractivity contribution in [3.05, 3.63) is 0 Å². The molecular formula is C10H21NO3. The number of aliphatic hydroxyl groups is 1. The van der Waals surface area contributed by atoms with E-state index in [0.29, 0.717) is 18.9 Å². The van der Waals surface area contributed by atoms with E-state index in [1.54, 1.807) is 6.92 Å². The molecule has 0 saturated heterocycles. The molecule has 84 valence electrons. The third kappa shape index (κ3) is 6.71. The molecule has 0 aliphatic heterocycles. The van der Waals surface area contributed by atoms with Gasteiger partial charge in [0.2, 0.25) is 0 Å². The lowest BCUT2D eigenvalue weighted by atomic mass is 10.0. The van der Waals surface area contributed by atoms with Gasteiger partial charge in [-0.2, -0.15) is 0 Å². The summed E-state index contributed by atoms with van der Waals surface area (Å²) in [5, 5.41) is 12.1. The first-order valence-electron chi connectivity index (χ1n) is 5.00. The van der Waals surface area contributed by atoms with Gasteiger partial charge in [0.15, 0.2) is 0 Å². The standard InChI is InChI=1S/C10H21NO3/c1-5-10(4,13)7-11-9(12)14-6-8(2)3/h8,13H,5-7H2,1-4H3,(H,11,12). The van der Waals surface area contributed by atoms with Crippen molar-refractivity contribution in [2.75, 3.05) is 13.2 Å². The van der Waals surface area contributed by atoms with E-state index in [1.165, 1.54) is 0 Å². The minimum absolute atomic E-state index is 0.223. The molecule has 0 aliphatic carbocycles. The SMILES string of the molecule is CCC(C)(O)CNC(=O)OCC(C)C. The molecule has 4 nitrogen and oxygen atoms in total. The second kappa shape index (κ2) is 5.86. The van der Waals surface area contributed by atoms with Crippen LogP contribution in [-0.4, -0.2) is 30.0 Å². The van der Waals surface area contributed by atoms with Crippen LogP contribution in [0.2, 0.25) is 0 Å². The smallest absolute Gasteiger partial charge is 0.407 e. The van der Waals surface area contributed by atoms with Crippen LogP contribution in [0.3, 0.4) is 0 Å². The number of amides is 1. The zero-order chi connectivity index (χ0) is 11.2. The number of hydrogen-bond donors (Lipinski definition) is 2. The van der Waals surface area contributed by atoms with Crippen molar-refractivity contribution in [2.24, 2.45) is 5.92 Å². The van der Waals surface area contributed by atoms with Gasteiger partial charge in [-0.15, -0.1) is 0 Å². The Kier molecular flexibility index (Phi) is 5.53. The fourth-order valence-corrected chi connectivity index (χ4v) is 0.681. The number of ether oxygens (including phenoxy) is 1. The molecule has 0 aromatic carbocycles. The zero-order valence-electron chi connectivity index (χ0n) is 9.46. The second-order valence-corrected chi connectivity index (χ2v) is 4.20. The van der Waals surface area contributed by atoms with E-state index in [1.807, 2.05) is 20.8 Å². The van der Waals surface area contributed by atoms with Gasteiger partial charge < -0.3 is 15.2 Å². The Morgan fingerprint density at radius 2 is 2.14 bits per heavy atom. The Morgan fingerprint density at radius 1 is 1.57 bits per heavy atom. The lowest BCUT2D eigenvalue weighted by Gasteiger charge is -2.21. The van der Waals surface area contributed by atoms with Gasteiger partial charge in [0.1, 0.15) is 0 Å². The van der Waals surface area contributed by atoms with E-state index in [9.17, 15) is 9.90 Å². The average Bonchev–Trinajstić information content (AvgIpc) is 2.11. The van der Waals surface area contributed by atoms with Crippen LogP contribution < -0.4 is 5.32 Å². The number of rotatable bonds is 5. The summed E-state index contributed by atoms with van der Waals surface area (Å²) >= 11 is 0. The molecule has 1 unspecified atom stereocenters. The van der Waals surface area contributed by atoms with E-state index < -0.39 is 11.7 Å². The lowest BCUT2D eigenvalue weighted by molar-refractivity contribution is 0.0517. The van der Waals surface area contributed by atoms with Gasteiger partial charge in [0.05, 0.1) is 12.2 Å². The average molecular weight is 203 g/mol. The van der Waals surface area contributed by atoms with Crippen LogP contribution >= 0.6 is 0 Å². The van der Waals surface area contributed by atoms with E-state index >= 15 is 0 Å². The molecule has 0 spiro atoms. The van der Waals surface area contributed by atoms with Gasteiger partial charge in [0, 0.05) is 6.54 Å². The second-order valence-electron chi connectivity index (χ2n) is 4.20. The van der Waals surface area contributed by atoms with Crippen molar-refractivity contribution in [3.8, 4) is 0 Å². The van der Waals surface area contributed by atoms with Gasteiger partial charge in [-0.1, -0.05) is 20.8 Å². The molecule has 1 amide bonds. The number of nitrogens with one attached hydrogen (secondary N) is 1.